The topological polar surface area (TPSA) is 108 Å². The zero-order valence-corrected chi connectivity index (χ0v) is 12.0. The van der Waals surface area contributed by atoms with Crippen molar-refractivity contribution in [3.63, 3.8) is 0 Å². The van der Waals surface area contributed by atoms with Crippen LogP contribution in [0, 0.1) is 0 Å². The normalized spacial score (nSPS) is 14.8. The summed E-state index contributed by atoms with van der Waals surface area (Å²) in [5.74, 6) is -0.276. The van der Waals surface area contributed by atoms with Crippen LogP contribution in [0.1, 0.15) is 0 Å². The van der Waals surface area contributed by atoms with E-state index in [0.717, 1.165) is 0 Å². The number of hydrogen-bond acceptors (Lipinski definition) is 5. The van der Waals surface area contributed by atoms with Crippen LogP contribution in [0.2, 0.25) is 0 Å². The van der Waals surface area contributed by atoms with Crippen molar-refractivity contribution in [2.45, 2.75) is 0 Å². The van der Waals surface area contributed by atoms with Crippen LogP contribution in [-0.2, 0) is 19.2 Å². The van der Waals surface area contributed by atoms with E-state index in [-0.39, 0.29) is 48.2 Å². The summed E-state index contributed by atoms with van der Waals surface area (Å²) >= 11 is 1.21. The molecule has 1 heterocycles. The fraction of sp³-hybridized carbons (Fsp3) is 0.636. The summed E-state index contributed by atoms with van der Waals surface area (Å²) in [5, 5.41) is 7.55. The number of carbonyl (C=O) groups is 4. The Balaban J connectivity index is 2.13. The predicted molar refractivity (Wildman–Crippen MR) is 74.0 cm³/mol. The van der Waals surface area contributed by atoms with E-state index in [1.165, 1.54) is 23.7 Å². The van der Waals surface area contributed by atoms with E-state index in [9.17, 15) is 19.2 Å². The third kappa shape index (κ3) is 5.91. The van der Waals surface area contributed by atoms with Gasteiger partial charge in [0.05, 0.1) is 24.6 Å². The van der Waals surface area contributed by atoms with Crippen molar-refractivity contribution in [3.8, 4) is 0 Å². The van der Waals surface area contributed by atoms with Gasteiger partial charge in [-0.05, 0) is 0 Å². The van der Waals surface area contributed by atoms with Gasteiger partial charge in [-0.1, -0.05) is 0 Å². The third-order valence-corrected chi connectivity index (χ3v) is 3.51. The van der Waals surface area contributed by atoms with Crippen LogP contribution >= 0.6 is 11.8 Å². The van der Waals surface area contributed by atoms with Crippen LogP contribution in [-0.4, -0.2) is 73.3 Å². The van der Waals surface area contributed by atoms with E-state index in [1.54, 1.807) is 0 Å². The Kier molecular flexibility index (Phi) is 6.85. The van der Waals surface area contributed by atoms with Crippen molar-refractivity contribution in [2.24, 2.45) is 0 Å². The molecule has 8 nitrogen and oxygen atoms in total. The van der Waals surface area contributed by atoms with Crippen LogP contribution in [0.15, 0.2) is 0 Å². The molecule has 1 fully saturated rings. The van der Waals surface area contributed by atoms with Crippen LogP contribution in [0.4, 0.5) is 0 Å². The van der Waals surface area contributed by atoms with E-state index in [4.69, 9.17) is 0 Å². The van der Waals surface area contributed by atoms with Gasteiger partial charge in [-0.25, -0.2) is 0 Å². The fourth-order valence-electron chi connectivity index (χ4n) is 1.50. The van der Waals surface area contributed by atoms with Gasteiger partial charge in [0.1, 0.15) is 0 Å². The van der Waals surface area contributed by atoms with Crippen molar-refractivity contribution in [1.29, 1.82) is 0 Å². The molecule has 0 aliphatic carbocycles. The van der Waals surface area contributed by atoms with Crippen LogP contribution < -0.4 is 16.0 Å². The molecular weight excluding hydrogens is 284 g/mol. The number of rotatable bonds is 7. The maximum atomic E-state index is 11.5. The molecule has 0 aromatic carbocycles. The number of piperazine rings is 1. The average molecular weight is 302 g/mol. The summed E-state index contributed by atoms with van der Waals surface area (Å²) in [4.78, 5) is 46.4. The Morgan fingerprint density at radius 2 is 2.00 bits per heavy atom. The first-order valence-electron chi connectivity index (χ1n) is 6.12. The minimum Gasteiger partial charge on any atom is -0.358 e. The largest absolute Gasteiger partial charge is 0.358 e. The molecular formula is C11H18N4O4S. The molecule has 0 saturated carbocycles. The summed E-state index contributed by atoms with van der Waals surface area (Å²) in [6.45, 7) is 0.630. The number of nitrogens with one attached hydrogen (secondary N) is 3. The van der Waals surface area contributed by atoms with Gasteiger partial charge >= 0.3 is 0 Å². The second-order valence-corrected chi connectivity index (χ2v) is 5.09. The molecule has 112 valence electrons. The Labute approximate surface area is 121 Å². The molecule has 1 aliphatic rings. The minimum absolute atomic E-state index is 0.00869. The van der Waals surface area contributed by atoms with Gasteiger partial charge in [-0.15, -0.1) is 11.8 Å². The summed E-state index contributed by atoms with van der Waals surface area (Å²) in [5.41, 5.74) is 0. The lowest BCUT2D eigenvalue weighted by atomic mass is 10.3. The molecule has 1 aliphatic heterocycles. The molecule has 1 rings (SSSR count). The molecule has 3 N–H and O–H groups in total. The molecule has 0 unspecified atom stereocenters. The second kappa shape index (κ2) is 8.41. The van der Waals surface area contributed by atoms with Gasteiger partial charge in [0.2, 0.25) is 23.6 Å². The predicted octanol–water partition coefficient (Wildman–Crippen LogP) is -2.46. The van der Waals surface area contributed by atoms with Crippen LogP contribution in [0.25, 0.3) is 0 Å². The smallest absolute Gasteiger partial charge is 0.242 e. The first-order chi connectivity index (χ1) is 9.52. The quantitative estimate of drug-likeness (QED) is 0.483. The van der Waals surface area contributed by atoms with Crippen molar-refractivity contribution in [2.75, 3.05) is 44.7 Å². The molecule has 0 radical (unpaired) electrons. The highest BCUT2D eigenvalue weighted by atomic mass is 32.2. The highest BCUT2D eigenvalue weighted by Gasteiger charge is 2.22. The SMILES string of the molecule is CNC(=O)CSCC(=O)NCCN1CC(=O)NCC1=O. The lowest BCUT2D eigenvalue weighted by molar-refractivity contribution is -0.140. The second-order valence-electron chi connectivity index (χ2n) is 4.11. The zero-order valence-electron chi connectivity index (χ0n) is 11.2. The van der Waals surface area contributed by atoms with Crippen molar-refractivity contribution in [3.05, 3.63) is 0 Å². The van der Waals surface area contributed by atoms with E-state index in [0.29, 0.717) is 13.1 Å². The van der Waals surface area contributed by atoms with E-state index < -0.39 is 0 Å². The molecule has 0 aromatic rings. The monoisotopic (exact) mass is 302 g/mol. The highest BCUT2D eigenvalue weighted by Crippen LogP contribution is 1.98. The minimum atomic E-state index is -0.201. The van der Waals surface area contributed by atoms with Crippen LogP contribution in [0.5, 0.6) is 0 Å². The van der Waals surface area contributed by atoms with Gasteiger partial charge in [-0.3, -0.25) is 19.2 Å². The highest BCUT2D eigenvalue weighted by molar-refractivity contribution is 8.00. The van der Waals surface area contributed by atoms with Gasteiger partial charge < -0.3 is 20.9 Å². The molecule has 0 atom stereocenters. The van der Waals surface area contributed by atoms with Gasteiger partial charge in [-0.2, -0.15) is 0 Å². The maximum absolute atomic E-state index is 11.5. The van der Waals surface area contributed by atoms with Crippen molar-refractivity contribution in [1.82, 2.24) is 20.9 Å². The molecule has 20 heavy (non-hydrogen) atoms. The first-order valence-corrected chi connectivity index (χ1v) is 7.28. The van der Waals surface area contributed by atoms with Gasteiger partial charge in [0, 0.05) is 20.1 Å². The summed E-state index contributed by atoms with van der Waals surface area (Å²) in [6.07, 6.45) is 0. The van der Waals surface area contributed by atoms with E-state index in [2.05, 4.69) is 16.0 Å². The number of amides is 4. The maximum Gasteiger partial charge on any atom is 0.242 e. The van der Waals surface area contributed by atoms with E-state index in [1.807, 2.05) is 0 Å². The molecule has 1 saturated heterocycles. The number of hydrogen-bond donors (Lipinski definition) is 3. The molecule has 0 bridgehead atoms. The number of thioether (sulfide) groups is 1. The Morgan fingerprint density at radius 1 is 1.30 bits per heavy atom. The zero-order chi connectivity index (χ0) is 15.0. The lowest BCUT2D eigenvalue weighted by Gasteiger charge is -2.26. The van der Waals surface area contributed by atoms with Gasteiger partial charge in [0.25, 0.3) is 0 Å². The van der Waals surface area contributed by atoms with Crippen molar-refractivity contribution < 1.29 is 19.2 Å². The van der Waals surface area contributed by atoms with E-state index >= 15 is 0 Å². The average Bonchev–Trinajstić information content (AvgIpc) is 2.42. The molecule has 0 aromatic heterocycles. The molecule has 0 spiro atoms. The van der Waals surface area contributed by atoms with Crippen molar-refractivity contribution >= 4 is 35.4 Å². The number of carbonyl (C=O) groups excluding carboxylic acids is 4. The van der Waals surface area contributed by atoms with Gasteiger partial charge in [0.15, 0.2) is 0 Å². The Hall–Kier alpha value is -1.77. The summed E-state index contributed by atoms with van der Waals surface area (Å²) in [6, 6.07) is 0. The Bertz CT molecular complexity index is 402. The van der Waals surface area contributed by atoms with Crippen LogP contribution in [0.3, 0.4) is 0 Å². The standard InChI is InChI=1S/C11H18N4O4S/c1-12-9(17)6-20-7-10(18)13-2-3-15-5-8(16)14-4-11(15)19/h2-7H2,1H3,(H,12,17)(H,13,18)(H,14,16). The summed E-state index contributed by atoms with van der Waals surface area (Å²) < 4.78 is 0. The summed E-state index contributed by atoms with van der Waals surface area (Å²) in [7, 11) is 1.54. The molecule has 9 heteroatoms. The first kappa shape index (κ1) is 16.3. The number of nitrogens with zero attached hydrogens (tertiary/aromatic N) is 1. The Morgan fingerprint density at radius 3 is 2.70 bits per heavy atom. The fourth-order valence-corrected chi connectivity index (χ4v) is 2.22. The molecule has 4 amide bonds. The third-order valence-electron chi connectivity index (χ3n) is 2.57. The lowest BCUT2D eigenvalue weighted by Crippen LogP contribution is -2.53.